The van der Waals surface area contributed by atoms with Crippen molar-refractivity contribution in [2.24, 2.45) is 0 Å². The van der Waals surface area contributed by atoms with Crippen molar-refractivity contribution in [3.05, 3.63) is 81.3 Å². The Morgan fingerprint density at radius 2 is 1.92 bits per heavy atom. The number of aryl methyl sites for hydroxylation is 1. The lowest BCUT2D eigenvalue weighted by Gasteiger charge is -2.26. The van der Waals surface area contributed by atoms with E-state index in [2.05, 4.69) is 23.7 Å². The molecule has 0 radical (unpaired) electrons. The maximum Gasteiger partial charge on any atom is 0.295 e. The van der Waals surface area contributed by atoms with Crippen LogP contribution >= 0.6 is 0 Å². The number of aliphatic hydroxyl groups excluding tert-OH is 1. The number of aliphatic hydroxyl groups is 1. The molecule has 1 N–H and O–H groups in total. The first kappa shape index (κ1) is 25.1. The highest BCUT2D eigenvalue weighted by molar-refractivity contribution is 6.46. The van der Waals surface area contributed by atoms with Gasteiger partial charge in [0.1, 0.15) is 11.3 Å². The molecule has 1 saturated heterocycles. The van der Waals surface area contributed by atoms with E-state index in [-0.39, 0.29) is 23.6 Å². The molecule has 3 aromatic rings. The molecule has 0 bridgehead atoms. The number of nitrogens with zero attached hydrogens (tertiary/aromatic N) is 5. The standard InChI is InChI=1S/C26H29N5O5/c1-4-28(5-2)13-9-15-30-23(18-10-8-11-19(16-18)31(35)36)21(25(33)26(30)34)24(32)22-17(3)27-20-12-6-7-14-29(20)22/h6-8,10-12,14,16,23,32H,4-5,9,13,15H2,1-3H3/b24-21+/t23-/m1/s1. The second kappa shape index (κ2) is 10.3. The van der Waals surface area contributed by atoms with Crippen LogP contribution < -0.4 is 0 Å². The number of amides is 1. The first-order chi connectivity index (χ1) is 17.3. The Kier molecular flexibility index (Phi) is 7.16. The number of aromatic nitrogens is 2. The first-order valence-corrected chi connectivity index (χ1v) is 12.0. The summed E-state index contributed by atoms with van der Waals surface area (Å²) < 4.78 is 1.66. The first-order valence-electron chi connectivity index (χ1n) is 12.0. The maximum atomic E-state index is 13.3. The molecular weight excluding hydrogens is 462 g/mol. The van der Waals surface area contributed by atoms with Gasteiger partial charge in [0, 0.05) is 24.9 Å². The Morgan fingerprint density at radius 1 is 1.17 bits per heavy atom. The van der Waals surface area contributed by atoms with Crippen LogP contribution in [-0.2, 0) is 9.59 Å². The minimum atomic E-state index is -0.963. The van der Waals surface area contributed by atoms with Crippen LogP contribution in [0, 0.1) is 17.0 Å². The number of ketones is 1. The lowest BCUT2D eigenvalue weighted by atomic mass is 9.96. The van der Waals surface area contributed by atoms with Crippen LogP contribution in [0.1, 0.15) is 43.3 Å². The van der Waals surface area contributed by atoms with Crippen LogP contribution in [0.3, 0.4) is 0 Å². The van der Waals surface area contributed by atoms with Gasteiger partial charge in [0.05, 0.1) is 22.2 Å². The second-order valence-corrected chi connectivity index (χ2v) is 8.70. The van der Waals surface area contributed by atoms with Gasteiger partial charge >= 0.3 is 0 Å². The molecule has 0 aliphatic carbocycles. The molecule has 1 aliphatic rings. The van der Waals surface area contributed by atoms with E-state index in [9.17, 15) is 24.8 Å². The van der Waals surface area contributed by atoms with Gasteiger partial charge in [0.25, 0.3) is 17.4 Å². The molecule has 0 spiro atoms. The maximum absolute atomic E-state index is 13.3. The number of fused-ring (bicyclic) bond motifs is 1. The molecule has 2 aromatic heterocycles. The Bertz CT molecular complexity index is 1360. The lowest BCUT2D eigenvalue weighted by molar-refractivity contribution is -0.384. The van der Waals surface area contributed by atoms with Crippen molar-refractivity contribution in [3.8, 4) is 0 Å². The van der Waals surface area contributed by atoms with Gasteiger partial charge in [-0.25, -0.2) is 4.98 Å². The molecule has 188 valence electrons. The summed E-state index contributed by atoms with van der Waals surface area (Å²) >= 11 is 0. The SMILES string of the molecule is CCN(CC)CCCN1C(=O)C(=O)/C(=C(/O)c2c(C)nc3ccccn23)[C@H]1c1cccc([N+](=O)[O-])c1. The van der Waals surface area contributed by atoms with E-state index in [0.29, 0.717) is 29.0 Å². The fraction of sp³-hybridized carbons (Fsp3) is 0.346. The summed E-state index contributed by atoms with van der Waals surface area (Å²) in [7, 11) is 0. The third-order valence-corrected chi connectivity index (χ3v) is 6.63. The van der Waals surface area contributed by atoms with Crippen LogP contribution in [-0.4, -0.2) is 67.1 Å². The average Bonchev–Trinajstić information content (AvgIpc) is 3.34. The number of non-ortho nitro benzene ring substituents is 1. The number of carbonyl (C=O) groups is 2. The second-order valence-electron chi connectivity index (χ2n) is 8.70. The van der Waals surface area contributed by atoms with Crippen LogP contribution in [0.15, 0.2) is 54.2 Å². The van der Waals surface area contributed by atoms with E-state index in [1.807, 2.05) is 6.07 Å². The van der Waals surface area contributed by atoms with Gasteiger partial charge < -0.3 is 14.9 Å². The summed E-state index contributed by atoms with van der Waals surface area (Å²) in [5.74, 6) is -1.91. The Morgan fingerprint density at radius 3 is 2.61 bits per heavy atom. The van der Waals surface area contributed by atoms with Crippen molar-refractivity contribution in [1.29, 1.82) is 0 Å². The summed E-state index contributed by atoms with van der Waals surface area (Å²) in [5, 5.41) is 22.9. The molecule has 0 saturated carbocycles. The fourth-order valence-corrected chi connectivity index (χ4v) is 4.80. The van der Waals surface area contributed by atoms with Crippen LogP contribution in [0.2, 0.25) is 0 Å². The molecule has 10 nitrogen and oxygen atoms in total. The van der Waals surface area contributed by atoms with Gasteiger partial charge in [-0.05, 0) is 50.7 Å². The predicted molar refractivity (Wildman–Crippen MR) is 134 cm³/mol. The summed E-state index contributed by atoms with van der Waals surface area (Å²) in [6.07, 6.45) is 2.32. The monoisotopic (exact) mass is 491 g/mol. The molecular formula is C26H29N5O5. The Hall–Kier alpha value is -4.05. The summed E-state index contributed by atoms with van der Waals surface area (Å²) in [6, 6.07) is 10.2. The van der Waals surface area contributed by atoms with E-state index in [1.165, 1.54) is 23.1 Å². The van der Waals surface area contributed by atoms with Gasteiger partial charge in [-0.1, -0.05) is 32.0 Å². The van der Waals surface area contributed by atoms with Crippen molar-refractivity contribution in [2.45, 2.75) is 33.2 Å². The fourth-order valence-electron chi connectivity index (χ4n) is 4.80. The van der Waals surface area contributed by atoms with Gasteiger partial charge in [-0.3, -0.25) is 24.1 Å². The highest BCUT2D eigenvalue weighted by atomic mass is 16.6. The molecule has 1 atom stereocenters. The Labute approximate surface area is 208 Å². The number of benzene rings is 1. The number of rotatable bonds is 9. The van der Waals surface area contributed by atoms with E-state index in [0.717, 1.165) is 19.6 Å². The van der Waals surface area contributed by atoms with E-state index in [1.54, 1.807) is 35.7 Å². The average molecular weight is 492 g/mol. The molecule has 36 heavy (non-hydrogen) atoms. The largest absolute Gasteiger partial charge is 0.505 e. The van der Waals surface area contributed by atoms with Crippen molar-refractivity contribution in [3.63, 3.8) is 0 Å². The minimum absolute atomic E-state index is 0.0999. The molecule has 0 unspecified atom stereocenters. The summed E-state index contributed by atoms with van der Waals surface area (Å²) in [5.41, 5.74) is 1.51. The van der Waals surface area contributed by atoms with Crippen molar-refractivity contribution in [2.75, 3.05) is 26.2 Å². The number of likely N-dealkylation sites (tertiary alicyclic amines) is 1. The van der Waals surface area contributed by atoms with Crippen LogP contribution in [0.4, 0.5) is 5.69 Å². The highest BCUT2D eigenvalue weighted by Gasteiger charge is 2.46. The minimum Gasteiger partial charge on any atom is -0.505 e. The zero-order chi connectivity index (χ0) is 26.0. The molecule has 4 rings (SSSR count). The molecule has 1 fully saturated rings. The molecule has 1 aliphatic heterocycles. The zero-order valence-electron chi connectivity index (χ0n) is 20.5. The molecule has 10 heteroatoms. The topological polar surface area (TPSA) is 121 Å². The number of hydrogen-bond donors (Lipinski definition) is 1. The Balaban J connectivity index is 1.85. The van der Waals surface area contributed by atoms with Gasteiger partial charge in [-0.15, -0.1) is 0 Å². The van der Waals surface area contributed by atoms with Crippen LogP contribution in [0.25, 0.3) is 11.4 Å². The van der Waals surface area contributed by atoms with Crippen molar-refractivity contribution < 1.29 is 19.6 Å². The number of nitro benzene ring substituents is 1. The number of nitro groups is 1. The normalized spacial score (nSPS) is 17.4. The molecule has 1 amide bonds. The smallest absolute Gasteiger partial charge is 0.295 e. The quantitative estimate of drug-likeness (QED) is 0.159. The van der Waals surface area contributed by atoms with Gasteiger partial charge in [0.2, 0.25) is 0 Å². The molecule has 3 heterocycles. The lowest BCUT2D eigenvalue weighted by Crippen LogP contribution is -2.33. The summed E-state index contributed by atoms with van der Waals surface area (Å²) in [6.45, 7) is 8.52. The number of pyridine rings is 1. The van der Waals surface area contributed by atoms with Gasteiger partial charge in [0.15, 0.2) is 5.76 Å². The third kappa shape index (κ3) is 4.47. The number of carbonyl (C=O) groups excluding carboxylic acids is 2. The van der Waals surface area contributed by atoms with E-state index >= 15 is 0 Å². The van der Waals surface area contributed by atoms with E-state index < -0.39 is 22.7 Å². The number of hydrogen-bond acceptors (Lipinski definition) is 7. The van der Waals surface area contributed by atoms with Gasteiger partial charge in [-0.2, -0.15) is 0 Å². The molecule has 1 aromatic carbocycles. The number of Topliss-reactive ketones (excluding diaryl/α,β-unsaturated/α-hetero) is 1. The van der Waals surface area contributed by atoms with Crippen molar-refractivity contribution >= 4 is 28.8 Å². The third-order valence-electron chi connectivity index (χ3n) is 6.63. The highest BCUT2D eigenvalue weighted by Crippen LogP contribution is 2.40. The number of imidazole rings is 1. The van der Waals surface area contributed by atoms with Crippen LogP contribution in [0.5, 0.6) is 0 Å². The summed E-state index contributed by atoms with van der Waals surface area (Å²) in [4.78, 5) is 45.6. The zero-order valence-corrected chi connectivity index (χ0v) is 20.5. The predicted octanol–water partition coefficient (Wildman–Crippen LogP) is 3.70. The van der Waals surface area contributed by atoms with Crippen molar-refractivity contribution in [1.82, 2.24) is 19.2 Å². The van der Waals surface area contributed by atoms with E-state index in [4.69, 9.17) is 0 Å².